The van der Waals surface area contributed by atoms with E-state index in [9.17, 15) is 4.79 Å². The van der Waals surface area contributed by atoms with Crippen molar-refractivity contribution in [2.75, 3.05) is 26.7 Å². The molecule has 114 valence electrons. The summed E-state index contributed by atoms with van der Waals surface area (Å²) in [6.45, 7) is 5.36. The van der Waals surface area contributed by atoms with Crippen LogP contribution in [0.5, 0.6) is 0 Å². The second-order valence-electron chi connectivity index (χ2n) is 5.93. The number of aromatic amines is 2. The average molecular weight is 308 g/mol. The summed E-state index contributed by atoms with van der Waals surface area (Å²) in [6, 6.07) is 1.87. The smallest absolute Gasteiger partial charge is 0.276 e. The molecule has 1 atom stereocenters. The van der Waals surface area contributed by atoms with Crippen LogP contribution < -0.4 is 5.56 Å². The molecule has 0 aliphatic carbocycles. The van der Waals surface area contributed by atoms with Gasteiger partial charge in [-0.15, -0.1) is 0 Å². The Bertz CT molecular complexity index is 762. The highest BCUT2D eigenvalue weighted by Gasteiger charge is 2.32. The van der Waals surface area contributed by atoms with E-state index in [1.165, 1.54) is 0 Å². The van der Waals surface area contributed by atoms with E-state index >= 15 is 0 Å². The third-order valence-electron chi connectivity index (χ3n) is 4.10. The van der Waals surface area contributed by atoms with E-state index in [1.54, 1.807) is 6.20 Å². The fourth-order valence-electron chi connectivity index (χ4n) is 2.98. The molecule has 1 saturated heterocycles. The maximum Gasteiger partial charge on any atom is 0.276 e. The summed E-state index contributed by atoms with van der Waals surface area (Å²) >= 11 is 5.26. The van der Waals surface area contributed by atoms with Crippen LogP contribution in [-0.2, 0) is 11.3 Å². The fraction of sp³-hybridized carbons (Fsp3) is 0.571. The number of nitrogens with one attached hydrogen (secondary N) is 2. The van der Waals surface area contributed by atoms with Crippen LogP contribution in [0, 0.1) is 4.77 Å². The Balaban J connectivity index is 1.76. The Morgan fingerprint density at radius 3 is 3.05 bits per heavy atom. The van der Waals surface area contributed by atoms with Crippen LogP contribution in [0.4, 0.5) is 0 Å². The molecule has 1 aliphatic rings. The van der Waals surface area contributed by atoms with Crippen LogP contribution in [0.2, 0.25) is 0 Å². The number of nitrogens with zero attached hydrogens (tertiary/aromatic N) is 2. The summed E-state index contributed by atoms with van der Waals surface area (Å²) in [5.74, 6) is 0. The maximum atomic E-state index is 11.8. The van der Waals surface area contributed by atoms with Crippen molar-refractivity contribution in [3.05, 3.63) is 27.4 Å². The number of fused-ring (bicyclic) bond motifs is 1. The zero-order valence-corrected chi connectivity index (χ0v) is 13.1. The van der Waals surface area contributed by atoms with Gasteiger partial charge in [-0.3, -0.25) is 9.78 Å². The van der Waals surface area contributed by atoms with Crippen molar-refractivity contribution in [1.29, 1.82) is 0 Å². The minimum atomic E-state index is -0.179. The molecule has 7 heteroatoms. The standard InChI is InChI=1S/C14H20N4O2S/c1-14(4-6-17(2)9-14)20-8-7-18-10-3-5-15-11(10)12(19)16-13(18)21/h3,5,15H,4,6-9H2,1-2H3,(H,16,19,21). The molecule has 0 bridgehead atoms. The largest absolute Gasteiger partial charge is 0.372 e. The van der Waals surface area contributed by atoms with Crippen molar-refractivity contribution in [3.63, 3.8) is 0 Å². The highest BCUT2D eigenvalue weighted by molar-refractivity contribution is 7.71. The minimum Gasteiger partial charge on any atom is -0.372 e. The predicted molar refractivity (Wildman–Crippen MR) is 84.2 cm³/mol. The molecule has 1 fully saturated rings. The quantitative estimate of drug-likeness (QED) is 0.840. The molecule has 0 amide bonds. The molecule has 0 saturated carbocycles. The van der Waals surface area contributed by atoms with Crippen molar-refractivity contribution in [2.24, 2.45) is 0 Å². The first kappa shape index (κ1) is 14.5. The Morgan fingerprint density at radius 1 is 1.52 bits per heavy atom. The second-order valence-corrected chi connectivity index (χ2v) is 6.32. The Morgan fingerprint density at radius 2 is 2.33 bits per heavy atom. The first-order valence-corrected chi connectivity index (χ1v) is 7.52. The normalized spacial score (nSPS) is 23.1. The van der Waals surface area contributed by atoms with Crippen LogP contribution in [0.3, 0.4) is 0 Å². The number of ether oxygens (including phenoxy) is 1. The van der Waals surface area contributed by atoms with Gasteiger partial charge in [-0.25, -0.2) is 0 Å². The summed E-state index contributed by atoms with van der Waals surface area (Å²) in [4.78, 5) is 19.7. The van der Waals surface area contributed by atoms with E-state index in [-0.39, 0.29) is 11.2 Å². The van der Waals surface area contributed by atoms with Crippen molar-refractivity contribution in [2.45, 2.75) is 25.5 Å². The molecule has 3 rings (SSSR count). The van der Waals surface area contributed by atoms with Gasteiger partial charge in [0.1, 0.15) is 5.52 Å². The molecule has 2 N–H and O–H groups in total. The number of likely N-dealkylation sites (tertiary alicyclic amines) is 1. The lowest BCUT2D eigenvalue weighted by Crippen LogP contribution is -2.33. The van der Waals surface area contributed by atoms with Crippen molar-refractivity contribution >= 4 is 23.3 Å². The lowest BCUT2D eigenvalue weighted by molar-refractivity contribution is -0.0254. The van der Waals surface area contributed by atoms with E-state index in [2.05, 4.69) is 28.8 Å². The van der Waals surface area contributed by atoms with Gasteiger partial charge in [0.05, 0.1) is 17.7 Å². The van der Waals surface area contributed by atoms with Crippen LogP contribution in [-0.4, -0.2) is 51.8 Å². The molecule has 2 aromatic heterocycles. The molecule has 1 aliphatic heterocycles. The second kappa shape index (κ2) is 5.40. The SMILES string of the molecule is CN1CCC(C)(OCCn2c(=S)[nH]c(=O)c3[nH]ccc32)C1. The van der Waals surface area contributed by atoms with Gasteiger partial charge in [-0.05, 0) is 38.7 Å². The molecular weight excluding hydrogens is 288 g/mol. The zero-order chi connectivity index (χ0) is 15.0. The highest BCUT2D eigenvalue weighted by Crippen LogP contribution is 2.23. The van der Waals surface area contributed by atoms with E-state index < -0.39 is 0 Å². The Hall–Kier alpha value is -1.44. The third-order valence-corrected chi connectivity index (χ3v) is 4.42. The molecule has 0 spiro atoms. The van der Waals surface area contributed by atoms with Crippen LogP contribution in [0.25, 0.3) is 11.0 Å². The lowest BCUT2D eigenvalue weighted by Gasteiger charge is -2.24. The molecule has 3 heterocycles. The molecular formula is C14H20N4O2S. The van der Waals surface area contributed by atoms with Gasteiger partial charge in [0.25, 0.3) is 5.56 Å². The van der Waals surface area contributed by atoms with E-state index in [0.717, 1.165) is 25.0 Å². The van der Waals surface area contributed by atoms with Gasteiger partial charge in [-0.2, -0.15) is 0 Å². The number of likely N-dealkylation sites (N-methyl/N-ethyl adjacent to an activating group) is 1. The van der Waals surface area contributed by atoms with Crippen LogP contribution in [0.1, 0.15) is 13.3 Å². The third kappa shape index (κ3) is 2.81. The van der Waals surface area contributed by atoms with Gasteiger partial charge in [-0.1, -0.05) is 0 Å². The van der Waals surface area contributed by atoms with Crippen LogP contribution >= 0.6 is 12.2 Å². The average Bonchev–Trinajstić information content (AvgIpc) is 3.01. The van der Waals surface area contributed by atoms with Gasteiger partial charge in [0.15, 0.2) is 4.77 Å². The predicted octanol–water partition coefficient (Wildman–Crippen LogP) is 1.50. The van der Waals surface area contributed by atoms with Gasteiger partial charge >= 0.3 is 0 Å². The number of H-pyrrole nitrogens is 2. The first-order valence-electron chi connectivity index (χ1n) is 7.11. The lowest BCUT2D eigenvalue weighted by atomic mass is 10.1. The first-order chi connectivity index (χ1) is 9.98. The van der Waals surface area contributed by atoms with Gasteiger partial charge < -0.3 is 19.2 Å². The van der Waals surface area contributed by atoms with Gasteiger partial charge in [0.2, 0.25) is 0 Å². The van der Waals surface area contributed by atoms with Gasteiger partial charge in [0, 0.05) is 25.8 Å². The molecule has 0 aromatic carbocycles. The number of hydrogen-bond donors (Lipinski definition) is 2. The van der Waals surface area contributed by atoms with E-state index in [4.69, 9.17) is 17.0 Å². The Labute approximate surface area is 127 Å². The summed E-state index contributed by atoms with van der Waals surface area (Å²) < 4.78 is 8.41. The fourth-order valence-corrected chi connectivity index (χ4v) is 3.27. The molecule has 0 radical (unpaired) electrons. The minimum absolute atomic E-state index is 0.0869. The highest BCUT2D eigenvalue weighted by atomic mass is 32.1. The van der Waals surface area contributed by atoms with E-state index in [0.29, 0.717) is 23.4 Å². The van der Waals surface area contributed by atoms with Crippen LogP contribution in [0.15, 0.2) is 17.1 Å². The molecule has 2 aromatic rings. The van der Waals surface area contributed by atoms with E-state index in [1.807, 2.05) is 10.6 Å². The molecule has 6 nitrogen and oxygen atoms in total. The molecule has 21 heavy (non-hydrogen) atoms. The summed E-state index contributed by atoms with van der Waals surface area (Å²) in [6.07, 6.45) is 2.79. The number of hydrogen-bond acceptors (Lipinski definition) is 4. The monoisotopic (exact) mass is 308 g/mol. The van der Waals surface area contributed by atoms with Crippen molar-refractivity contribution in [1.82, 2.24) is 19.4 Å². The Kier molecular flexibility index (Phi) is 3.73. The topological polar surface area (TPSA) is 66.0 Å². The summed E-state index contributed by atoms with van der Waals surface area (Å²) in [5.41, 5.74) is 1.11. The van der Waals surface area contributed by atoms with Crippen molar-refractivity contribution in [3.8, 4) is 0 Å². The number of rotatable bonds is 4. The van der Waals surface area contributed by atoms with Crippen molar-refractivity contribution < 1.29 is 4.74 Å². The summed E-state index contributed by atoms with van der Waals surface area (Å²) in [7, 11) is 2.11. The molecule has 1 unspecified atom stereocenters. The number of aromatic nitrogens is 3. The maximum absolute atomic E-state index is 11.8. The summed E-state index contributed by atoms with van der Waals surface area (Å²) in [5, 5.41) is 0. The zero-order valence-electron chi connectivity index (χ0n) is 12.3.